The van der Waals surface area contributed by atoms with E-state index in [4.69, 9.17) is 16.3 Å². The van der Waals surface area contributed by atoms with Crippen molar-refractivity contribution in [1.82, 2.24) is 9.29 Å². The number of carbonyl (C=O) groups is 1. The Morgan fingerprint density at radius 1 is 1.03 bits per heavy atom. The molecule has 1 atom stereocenters. The standard InChI is InChI=1S/C26H23ClN4O6S2/c27-19-6-11-23(31(38(33)34)24-5-1-3-18-4-2-12-28-25(18)24)22(17-19)26(32)29-20-7-9-21(10-8-20)39(35,36)30-13-15-37-16-14-30/h1-12,17H,13-16H2,(H,29,32)(H,33,34). The highest BCUT2D eigenvalue weighted by atomic mass is 35.5. The van der Waals surface area contributed by atoms with Crippen LogP contribution in [0.15, 0.2) is 83.9 Å². The van der Waals surface area contributed by atoms with Crippen LogP contribution in [-0.4, -0.2) is 58.7 Å². The van der Waals surface area contributed by atoms with E-state index in [1.165, 1.54) is 46.8 Å². The van der Waals surface area contributed by atoms with Crippen molar-refractivity contribution in [2.45, 2.75) is 4.90 Å². The number of nitrogens with one attached hydrogen (secondary N) is 1. The minimum atomic E-state index is -3.69. The van der Waals surface area contributed by atoms with Crippen molar-refractivity contribution in [2.24, 2.45) is 0 Å². The van der Waals surface area contributed by atoms with Crippen molar-refractivity contribution in [3.05, 3.63) is 89.6 Å². The van der Waals surface area contributed by atoms with Gasteiger partial charge in [-0.05, 0) is 54.6 Å². The van der Waals surface area contributed by atoms with E-state index in [9.17, 15) is 22.0 Å². The number of hydrogen-bond donors (Lipinski definition) is 2. The molecule has 1 unspecified atom stereocenters. The van der Waals surface area contributed by atoms with Gasteiger partial charge in [-0.15, -0.1) is 0 Å². The van der Waals surface area contributed by atoms with Crippen LogP contribution < -0.4 is 9.62 Å². The first kappa shape index (κ1) is 27.2. The fourth-order valence-electron chi connectivity index (χ4n) is 4.26. The molecule has 1 aromatic heterocycles. The number of amides is 1. The number of ether oxygens (including phenoxy) is 1. The number of para-hydroxylation sites is 1. The van der Waals surface area contributed by atoms with Gasteiger partial charge >= 0.3 is 0 Å². The van der Waals surface area contributed by atoms with Gasteiger partial charge in [0.25, 0.3) is 17.2 Å². The summed E-state index contributed by atoms with van der Waals surface area (Å²) in [7, 11) is -3.69. The lowest BCUT2D eigenvalue weighted by Crippen LogP contribution is -2.40. The Morgan fingerprint density at radius 2 is 1.74 bits per heavy atom. The summed E-state index contributed by atoms with van der Waals surface area (Å²) in [6, 6.07) is 18.9. The molecule has 1 fully saturated rings. The van der Waals surface area contributed by atoms with Gasteiger partial charge in [0.05, 0.1) is 40.6 Å². The van der Waals surface area contributed by atoms with Crippen LogP contribution in [0.5, 0.6) is 0 Å². The third-order valence-electron chi connectivity index (χ3n) is 6.13. The Morgan fingerprint density at radius 3 is 2.46 bits per heavy atom. The van der Waals surface area contributed by atoms with Gasteiger partial charge in [-0.25, -0.2) is 16.9 Å². The third-order valence-corrected chi connectivity index (χ3v) is 8.98. The zero-order chi connectivity index (χ0) is 27.6. The topological polar surface area (TPSA) is 129 Å². The van der Waals surface area contributed by atoms with Gasteiger partial charge in [-0.1, -0.05) is 29.8 Å². The quantitative estimate of drug-likeness (QED) is 0.306. The average molecular weight is 587 g/mol. The van der Waals surface area contributed by atoms with E-state index >= 15 is 0 Å². The van der Waals surface area contributed by atoms with E-state index in [1.807, 2.05) is 12.1 Å². The van der Waals surface area contributed by atoms with Gasteiger partial charge in [-0.2, -0.15) is 4.31 Å². The van der Waals surface area contributed by atoms with Crippen molar-refractivity contribution in [1.29, 1.82) is 0 Å². The predicted molar refractivity (Wildman–Crippen MR) is 150 cm³/mol. The van der Waals surface area contributed by atoms with Crippen LogP contribution in [0.2, 0.25) is 5.02 Å². The van der Waals surface area contributed by atoms with Crippen LogP contribution in [0.1, 0.15) is 10.4 Å². The minimum absolute atomic E-state index is 0.0304. The monoisotopic (exact) mass is 586 g/mol. The van der Waals surface area contributed by atoms with E-state index in [0.29, 0.717) is 30.1 Å². The van der Waals surface area contributed by atoms with E-state index < -0.39 is 27.2 Å². The number of halogens is 1. The summed E-state index contributed by atoms with van der Waals surface area (Å²) < 4.78 is 56.4. The van der Waals surface area contributed by atoms with Crippen molar-refractivity contribution >= 4 is 66.8 Å². The second-order valence-electron chi connectivity index (χ2n) is 8.53. The molecular weight excluding hydrogens is 564 g/mol. The largest absolute Gasteiger partial charge is 0.379 e. The first-order chi connectivity index (χ1) is 18.8. The molecule has 0 aliphatic carbocycles. The van der Waals surface area contributed by atoms with Gasteiger partial charge in [-0.3, -0.25) is 14.3 Å². The molecule has 4 aromatic rings. The summed E-state index contributed by atoms with van der Waals surface area (Å²) >= 11 is 3.64. The van der Waals surface area contributed by atoms with Gasteiger partial charge in [0.1, 0.15) is 0 Å². The zero-order valence-electron chi connectivity index (χ0n) is 20.4. The fourth-order valence-corrected chi connectivity index (χ4v) is 6.49. The molecule has 1 aliphatic heterocycles. The predicted octanol–water partition coefficient (Wildman–Crippen LogP) is 4.44. The maximum absolute atomic E-state index is 13.4. The highest BCUT2D eigenvalue weighted by molar-refractivity contribution is 7.89. The van der Waals surface area contributed by atoms with Crippen molar-refractivity contribution < 1.29 is 26.7 Å². The van der Waals surface area contributed by atoms with E-state index in [-0.39, 0.29) is 34.3 Å². The molecule has 3 aromatic carbocycles. The fraction of sp³-hybridized carbons (Fsp3) is 0.154. The molecule has 1 aliphatic rings. The molecule has 10 nitrogen and oxygen atoms in total. The van der Waals surface area contributed by atoms with E-state index in [2.05, 4.69) is 10.3 Å². The number of rotatable bonds is 7. The molecule has 2 N–H and O–H groups in total. The highest BCUT2D eigenvalue weighted by Gasteiger charge is 2.27. The lowest BCUT2D eigenvalue weighted by atomic mass is 10.1. The highest BCUT2D eigenvalue weighted by Crippen LogP contribution is 2.36. The van der Waals surface area contributed by atoms with Crippen LogP contribution in [0, 0.1) is 0 Å². The number of pyridine rings is 1. The Labute approximate surface area is 232 Å². The molecule has 0 saturated carbocycles. The smallest absolute Gasteiger partial charge is 0.266 e. The maximum atomic E-state index is 13.4. The molecule has 39 heavy (non-hydrogen) atoms. The second-order valence-corrected chi connectivity index (χ2v) is 11.7. The molecular formula is C26H23ClN4O6S2. The number of aromatic nitrogens is 1. The Balaban J connectivity index is 1.46. The molecule has 0 radical (unpaired) electrons. The lowest BCUT2D eigenvalue weighted by Gasteiger charge is -2.26. The summed E-state index contributed by atoms with van der Waals surface area (Å²) in [4.78, 5) is 17.9. The zero-order valence-corrected chi connectivity index (χ0v) is 22.7. The number of carbonyl (C=O) groups excluding carboxylic acids is 1. The van der Waals surface area contributed by atoms with E-state index in [0.717, 1.165) is 9.69 Å². The maximum Gasteiger partial charge on any atom is 0.266 e. The van der Waals surface area contributed by atoms with E-state index in [1.54, 1.807) is 24.4 Å². The van der Waals surface area contributed by atoms with Crippen molar-refractivity contribution in [3.8, 4) is 0 Å². The summed E-state index contributed by atoms with van der Waals surface area (Å²) in [5.41, 5.74) is 1.28. The molecule has 0 bridgehead atoms. The Bertz CT molecular complexity index is 1660. The third kappa shape index (κ3) is 5.66. The first-order valence-corrected chi connectivity index (χ1v) is 14.7. The normalized spacial score (nSPS) is 15.1. The Kier molecular flexibility index (Phi) is 7.93. The SMILES string of the molecule is O=C(Nc1ccc(S(=O)(=O)N2CCOCC2)cc1)c1cc(Cl)ccc1N(c1cccc2cccnc12)S(=O)O. The number of nitrogens with zero attached hydrogens (tertiary/aromatic N) is 3. The molecule has 202 valence electrons. The number of hydrogen-bond acceptors (Lipinski definition) is 6. The molecule has 13 heteroatoms. The molecule has 1 amide bonds. The summed E-state index contributed by atoms with van der Waals surface area (Å²) in [5, 5.41) is 3.71. The van der Waals surface area contributed by atoms with Crippen LogP contribution >= 0.6 is 11.6 Å². The second kappa shape index (κ2) is 11.4. The number of fused-ring (bicyclic) bond motifs is 1. The first-order valence-electron chi connectivity index (χ1n) is 11.8. The average Bonchev–Trinajstić information content (AvgIpc) is 2.94. The summed E-state index contributed by atoms with van der Waals surface area (Å²) in [6.07, 6.45) is 1.57. The number of benzene rings is 3. The summed E-state index contributed by atoms with van der Waals surface area (Å²) in [6.45, 7) is 1.21. The molecule has 1 saturated heterocycles. The van der Waals surface area contributed by atoms with Crippen LogP contribution in [0.4, 0.5) is 17.1 Å². The number of anilines is 3. The lowest BCUT2D eigenvalue weighted by molar-refractivity contribution is 0.0730. The van der Waals surface area contributed by atoms with Crippen LogP contribution in [-0.2, 0) is 26.0 Å². The minimum Gasteiger partial charge on any atom is -0.379 e. The van der Waals surface area contributed by atoms with Crippen LogP contribution in [0.25, 0.3) is 10.9 Å². The molecule has 2 heterocycles. The molecule has 0 spiro atoms. The molecule has 5 rings (SSSR count). The van der Waals surface area contributed by atoms with Crippen molar-refractivity contribution in [2.75, 3.05) is 35.9 Å². The van der Waals surface area contributed by atoms with Gasteiger partial charge in [0, 0.05) is 35.4 Å². The van der Waals surface area contributed by atoms with Gasteiger partial charge in [0.2, 0.25) is 10.0 Å². The Hall–Kier alpha value is -3.39. The van der Waals surface area contributed by atoms with Crippen molar-refractivity contribution in [3.63, 3.8) is 0 Å². The van der Waals surface area contributed by atoms with Gasteiger partial charge in [0.15, 0.2) is 0 Å². The number of morpholine rings is 1. The van der Waals surface area contributed by atoms with Crippen LogP contribution in [0.3, 0.4) is 0 Å². The number of sulfonamides is 1. The van der Waals surface area contributed by atoms with Gasteiger partial charge < -0.3 is 10.1 Å². The summed E-state index contributed by atoms with van der Waals surface area (Å²) in [5.74, 6) is -0.611.